The van der Waals surface area contributed by atoms with Crippen LogP contribution in [0.15, 0.2) is 24.7 Å². The topological polar surface area (TPSA) is 50.4 Å². The molecule has 0 fully saturated rings. The van der Waals surface area contributed by atoms with Crippen molar-refractivity contribution < 1.29 is 5.11 Å². The molecule has 4 heteroatoms. The third kappa shape index (κ3) is 1.37. The molecule has 2 rings (SSSR count). The average molecular weight is 191 g/mol. The summed E-state index contributed by atoms with van der Waals surface area (Å²) in [6.07, 6.45) is 5.46. The molecule has 0 spiro atoms. The first-order valence-corrected chi connectivity index (χ1v) is 4.54. The lowest BCUT2D eigenvalue weighted by molar-refractivity contribution is 0.215. The Balaban J connectivity index is 2.53. The van der Waals surface area contributed by atoms with Crippen LogP contribution in [0.4, 0.5) is 0 Å². The largest absolute Gasteiger partial charge is 0.395 e. The third-order valence-corrected chi connectivity index (χ3v) is 2.35. The van der Waals surface area contributed by atoms with Crippen molar-refractivity contribution in [1.29, 1.82) is 0 Å². The van der Waals surface area contributed by atoms with Crippen LogP contribution < -0.4 is 0 Å². The Morgan fingerprint density at radius 2 is 2.21 bits per heavy atom. The zero-order valence-corrected chi connectivity index (χ0v) is 8.31. The summed E-state index contributed by atoms with van der Waals surface area (Å²) in [4.78, 5) is 8.47. The smallest absolute Gasteiger partial charge is 0.233 e. The minimum Gasteiger partial charge on any atom is -0.395 e. The van der Waals surface area contributed by atoms with E-state index in [0.29, 0.717) is 5.78 Å². The molecule has 0 atom stereocenters. The second-order valence-corrected chi connectivity index (χ2v) is 3.99. The van der Waals surface area contributed by atoms with Gasteiger partial charge in [-0.2, -0.15) is 0 Å². The maximum absolute atomic E-state index is 9.20. The van der Waals surface area contributed by atoms with E-state index in [2.05, 4.69) is 9.97 Å². The third-order valence-electron chi connectivity index (χ3n) is 2.35. The minimum atomic E-state index is -0.312. The monoisotopic (exact) mass is 191 g/mol. The molecule has 0 radical (unpaired) electrons. The lowest BCUT2D eigenvalue weighted by Gasteiger charge is -2.20. The van der Waals surface area contributed by atoms with Crippen LogP contribution in [0.2, 0.25) is 0 Å². The van der Waals surface area contributed by atoms with E-state index >= 15 is 0 Å². The van der Waals surface area contributed by atoms with Crippen LogP contribution in [-0.2, 0) is 5.41 Å². The minimum absolute atomic E-state index is 0.0802. The van der Waals surface area contributed by atoms with Crippen molar-refractivity contribution in [1.82, 2.24) is 14.4 Å². The number of hydrogen-bond donors (Lipinski definition) is 1. The van der Waals surface area contributed by atoms with E-state index in [9.17, 15) is 5.11 Å². The zero-order valence-electron chi connectivity index (χ0n) is 8.31. The molecule has 2 heterocycles. The Morgan fingerprint density at radius 1 is 1.43 bits per heavy atom. The number of fused-ring (bicyclic) bond motifs is 1. The summed E-state index contributed by atoms with van der Waals surface area (Å²) in [7, 11) is 0. The first kappa shape index (κ1) is 9.15. The van der Waals surface area contributed by atoms with E-state index in [4.69, 9.17) is 0 Å². The van der Waals surface area contributed by atoms with Crippen molar-refractivity contribution in [2.75, 3.05) is 6.61 Å². The van der Waals surface area contributed by atoms with E-state index < -0.39 is 0 Å². The van der Waals surface area contributed by atoms with Gasteiger partial charge < -0.3 is 5.11 Å². The fraction of sp³-hybridized carbons (Fsp3) is 0.400. The Kier molecular flexibility index (Phi) is 2.00. The van der Waals surface area contributed by atoms with Crippen LogP contribution in [0.5, 0.6) is 0 Å². The number of aromatic nitrogens is 3. The highest BCUT2D eigenvalue weighted by Gasteiger charge is 2.21. The van der Waals surface area contributed by atoms with Crippen molar-refractivity contribution >= 4 is 5.78 Å². The molecule has 14 heavy (non-hydrogen) atoms. The summed E-state index contributed by atoms with van der Waals surface area (Å²) in [5.41, 5.74) is 0.548. The molecular formula is C10H13N3O. The maximum atomic E-state index is 9.20. The van der Waals surface area contributed by atoms with Gasteiger partial charge in [-0.15, -0.1) is 0 Å². The fourth-order valence-electron chi connectivity index (χ4n) is 1.26. The lowest BCUT2D eigenvalue weighted by Crippen LogP contribution is -2.23. The zero-order chi connectivity index (χ0) is 10.2. The van der Waals surface area contributed by atoms with Crippen LogP contribution in [0, 0.1) is 0 Å². The predicted octanol–water partition coefficient (Wildman–Crippen LogP) is 0.999. The Morgan fingerprint density at radius 3 is 2.93 bits per heavy atom. The van der Waals surface area contributed by atoms with Crippen molar-refractivity contribution in [3.05, 3.63) is 30.4 Å². The predicted molar refractivity (Wildman–Crippen MR) is 53.1 cm³/mol. The van der Waals surface area contributed by atoms with Gasteiger partial charge in [0.1, 0.15) is 0 Å². The van der Waals surface area contributed by atoms with Crippen LogP contribution in [0.25, 0.3) is 5.78 Å². The SMILES string of the molecule is CC(C)(CO)c1ccn2ccnc2n1. The van der Waals surface area contributed by atoms with Gasteiger partial charge in [-0.3, -0.25) is 4.40 Å². The van der Waals surface area contributed by atoms with Gasteiger partial charge in [-0.1, -0.05) is 13.8 Å². The van der Waals surface area contributed by atoms with Crippen molar-refractivity contribution in [3.63, 3.8) is 0 Å². The highest BCUT2D eigenvalue weighted by molar-refractivity contribution is 5.31. The normalized spacial score (nSPS) is 12.2. The van der Waals surface area contributed by atoms with Crippen molar-refractivity contribution in [2.45, 2.75) is 19.3 Å². The second-order valence-electron chi connectivity index (χ2n) is 3.99. The summed E-state index contributed by atoms with van der Waals surface area (Å²) in [5, 5.41) is 9.20. The van der Waals surface area contributed by atoms with E-state index in [1.54, 1.807) is 6.20 Å². The van der Waals surface area contributed by atoms with Gasteiger partial charge in [0.15, 0.2) is 0 Å². The molecule has 2 aromatic heterocycles. The molecule has 0 aliphatic carbocycles. The van der Waals surface area contributed by atoms with Gasteiger partial charge in [0.2, 0.25) is 5.78 Å². The van der Waals surface area contributed by atoms with Gasteiger partial charge in [-0.05, 0) is 6.07 Å². The molecule has 1 N–H and O–H groups in total. The number of nitrogens with zero attached hydrogens (tertiary/aromatic N) is 3. The van der Waals surface area contributed by atoms with Gasteiger partial charge >= 0.3 is 0 Å². The van der Waals surface area contributed by atoms with Crippen molar-refractivity contribution in [2.24, 2.45) is 0 Å². The molecule has 0 aliphatic heterocycles. The molecule has 0 unspecified atom stereocenters. The Hall–Kier alpha value is -1.42. The number of imidazole rings is 1. The van der Waals surface area contributed by atoms with Crippen LogP contribution in [-0.4, -0.2) is 26.1 Å². The molecular weight excluding hydrogens is 178 g/mol. The first-order chi connectivity index (χ1) is 6.63. The van der Waals surface area contributed by atoms with Gasteiger partial charge in [-0.25, -0.2) is 9.97 Å². The fourth-order valence-corrected chi connectivity index (χ4v) is 1.26. The number of rotatable bonds is 2. The average Bonchev–Trinajstić information content (AvgIpc) is 2.64. The highest BCUT2D eigenvalue weighted by Crippen LogP contribution is 2.20. The molecule has 4 nitrogen and oxygen atoms in total. The van der Waals surface area contributed by atoms with Crippen LogP contribution >= 0.6 is 0 Å². The molecule has 74 valence electrons. The standard InChI is InChI=1S/C10H13N3O/c1-10(2,7-14)8-3-5-13-6-4-11-9(13)12-8/h3-6,14H,7H2,1-2H3. The van der Waals surface area contributed by atoms with Crippen LogP contribution in [0.1, 0.15) is 19.5 Å². The molecule has 0 aromatic carbocycles. The summed E-state index contributed by atoms with van der Waals surface area (Å²) < 4.78 is 1.84. The number of aliphatic hydroxyl groups is 1. The number of aliphatic hydroxyl groups excluding tert-OH is 1. The lowest BCUT2D eigenvalue weighted by atomic mass is 9.90. The summed E-state index contributed by atoms with van der Waals surface area (Å²) in [6, 6.07) is 1.91. The number of hydrogen-bond acceptors (Lipinski definition) is 3. The molecule has 2 aromatic rings. The quantitative estimate of drug-likeness (QED) is 0.770. The van der Waals surface area contributed by atoms with Crippen LogP contribution in [0.3, 0.4) is 0 Å². The Labute approximate surface area is 82.2 Å². The highest BCUT2D eigenvalue weighted by atomic mass is 16.3. The van der Waals surface area contributed by atoms with E-state index in [0.717, 1.165) is 5.69 Å². The van der Waals surface area contributed by atoms with Crippen molar-refractivity contribution in [3.8, 4) is 0 Å². The van der Waals surface area contributed by atoms with Gasteiger partial charge in [0.25, 0.3) is 0 Å². The molecule has 0 amide bonds. The molecule has 0 saturated heterocycles. The van der Waals surface area contributed by atoms with Gasteiger partial charge in [0.05, 0.1) is 12.3 Å². The summed E-state index contributed by atoms with van der Waals surface area (Å²) in [6.45, 7) is 3.99. The van der Waals surface area contributed by atoms with E-state index in [1.165, 1.54) is 0 Å². The Bertz CT molecular complexity index is 447. The van der Waals surface area contributed by atoms with E-state index in [-0.39, 0.29) is 12.0 Å². The van der Waals surface area contributed by atoms with Gasteiger partial charge in [0, 0.05) is 24.0 Å². The van der Waals surface area contributed by atoms with E-state index in [1.807, 2.05) is 36.7 Å². The second kappa shape index (κ2) is 3.06. The maximum Gasteiger partial charge on any atom is 0.233 e. The first-order valence-electron chi connectivity index (χ1n) is 4.54. The molecule has 0 aliphatic rings. The summed E-state index contributed by atoms with van der Waals surface area (Å²) in [5.74, 6) is 0.670. The molecule has 0 saturated carbocycles. The summed E-state index contributed by atoms with van der Waals surface area (Å²) >= 11 is 0. The molecule has 0 bridgehead atoms.